The number of carbonyl (C=O) groups excluding carboxylic acids is 2. The largest absolute Gasteiger partial charge is 0.457 e. The first-order chi connectivity index (χ1) is 20.4. The quantitative estimate of drug-likeness (QED) is 0.119. The van der Waals surface area contributed by atoms with Crippen molar-refractivity contribution in [1.82, 2.24) is 10.2 Å². The maximum absolute atomic E-state index is 13.4. The number of non-ortho nitro benzene ring substituents is 1. The van der Waals surface area contributed by atoms with Crippen molar-refractivity contribution in [3.05, 3.63) is 99.1 Å². The van der Waals surface area contributed by atoms with Crippen LogP contribution in [0.25, 0.3) is 0 Å². The minimum absolute atomic E-state index is 0.0182. The fourth-order valence-electron chi connectivity index (χ4n) is 4.83. The molecule has 0 bridgehead atoms. The third-order valence-corrected chi connectivity index (χ3v) is 7.22. The second-order valence-electron chi connectivity index (χ2n) is 10.3. The molecule has 9 nitrogen and oxygen atoms in total. The van der Waals surface area contributed by atoms with Crippen molar-refractivity contribution in [2.75, 3.05) is 0 Å². The van der Waals surface area contributed by atoms with Gasteiger partial charge in [-0.15, -0.1) is 0 Å². The number of nitrogens with one attached hydrogen (secondary N) is 1. The van der Waals surface area contributed by atoms with E-state index in [9.17, 15) is 51.2 Å². The number of halogens is 6. The molecule has 2 N–H and O–H groups in total. The normalized spacial score (nSPS) is 17.5. The predicted molar refractivity (Wildman–Crippen MR) is 142 cm³/mol. The number of carbonyl (C=O) groups is 2. The third-order valence-electron chi connectivity index (χ3n) is 7.22. The molecule has 0 aliphatic carbocycles. The third kappa shape index (κ3) is 5.78. The topological polar surface area (TPSA) is 122 Å². The molecule has 1 aliphatic rings. The van der Waals surface area contributed by atoms with Crippen LogP contribution in [-0.4, -0.2) is 39.2 Å². The van der Waals surface area contributed by atoms with E-state index < -0.39 is 45.9 Å². The molecule has 3 amide bonds. The zero-order chi connectivity index (χ0) is 32.7. The summed E-state index contributed by atoms with van der Waals surface area (Å²) < 4.78 is 86.3. The number of aryl methyl sites for hydroxylation is 1. The van der Waals surface area contributed by atoms with Gasteiger partial charge in [-0.2, -0.15) is 26.3 Å². The van der Waals surface area contributed by atoms with Gasteiger partial charge in [-0.1, -0.05) is 31.5 Å². The molecule has 1 aliphatic heterocycles. The van der Waals surface area contributed by atoms with Crippen LogP contribution in [0.2, 0.25) is 0 Å². The van der Waals surface area contributed by atoms with Gasteiger partial charge in [0, 0.05) is 17.7 Å². The molecular weight excluding hydrogens is 600 g/mol. The molecule has 234 valence electrons. The first-order valence-electron chi connectivity index (χ1n) is 13.1. The molecule has 1 heterocycles. The Labute approximate surface area is 246 Å². The van der Waals surface area contributed by atoms with Crippen LogP contribution in [0.5, 0.6) is 11.5 Å². The number of hydrogen-bond acceptors (Lipinski definition) is 6. The number of benzene rings is 3. The number of imide groups is 1. The first kappa shape index (κ1) is 32.3. The number of nitrogens with zero attached hydrogens (tertiary/aromatic N) is 2. The van der Waals surface area contributed by atoms with Crippen LogP contribution in [0, 0.1) is 10.1 Å². The van der Waals surface area contributed by atoms with Crippen LogP contribution < -0.4 is 10.1 Å². The molecule has 1 saturated heterocycles. The van der Waals surface area contributed by atoms with E-state index in [1.165, 1.54) is 49.4 Å². The molecule has 4 rings (SSSR count). The number of nitro benzene ring substituents is 1. The smallest absolute Gasteiger partial charge is 0.430 e. The van der Waals surface area contributed by atoms with Crippen molar-refractivity contribution in [2.24, 2.45) is 0 Å². The van der Waals surface area contributed by atoms with Crippen molar-refractivity contribution in [3.8, 4) is 11.5 Å². The van der Waals surface area contributed by atoms with Crippen molar-refractivity contribution < 1.29 is 50.7 Å². The first-order valence-corrected chi connectivity index (χ1v) is 13.1. The summed E-state index contributed by atoms with van der Waals surface area (Å²) in [6.45, 7) is 2.88. The standard InChI is InChI=1S/C29H25F6N3O6/c1-3-5-18-15-20(27(41,28(30,31)32)29(33,34)35)10-13-23(18)44-22-7-4-6-17(14-22)16-37-24(39)26(2,36-25(37)40)19-8-11-21(12-9-19)38(42)43/h4,6-15,41H,3,5,16H2,1-2H3,(H,36,40). The summed E-state index contributed by atoms with van der Waals surface area (Å²) in [5.74, 6) is -0.579. The van der Waals surface area contributed by atoms with Gasteiger partial charge in [0.15, 0.2) is 0 Å². The van der Waals surface area contributed by atoms with Gasteiger partial charge in [-0.05, 0) is 66.4 Å². The van der Waals surface area contributed by atoms with E-state index in [4.69, 9.17) is 4.74 Å². The minimum atomic E-state index is -6.04. The Hall–Kier alpha value is -4.66. The van der Waals surface area contributed by atoms with E-state index in [1.807, 2.05) is 0 Å². The van der Waals surface area contributed by atoms with Crippen molar-refractivity contribution in [2.45, 2.75) is 56.7 Å². The summed E-state index contributed by atoms with van der Waals surface area (Å²) in [6, 6.07) is 12.4. The fourth-order valence-corrected chi connectivity index (χ4v) is 4.83. The molecule has 1 atom stereocenters. The Morgan fingerprint density at radius 3 is 2.18 bits per heavy atom. The molecule has 15 heteroatoms. The zero-order valence-corrected chi connectivity index (χ0v) is 23.1. The van der Waals surface area contributed by atoms with E-state index in [1.54, 1.807) is 13.0 Å². The molecule has 3 aromatic rings. The molecule has 0 aromatic heterocycles. The summed E-state index contributed by atoms with van der Waals surface area (Å²) in [4.78, 5) is 37.4. The highest BCUT2D eigenvalue weighted by molar-refractivity contribution is 6.07. The number of alkyl halides is 6. The van der Waals surface area contributed by atoms with E-state index in [2.05, 4.69) is 5.32 Å². The lowest BCUT2D eigenvalue weighted by Gasteiger charge is -2.33. The van der Waals surface area contributed by atoms with E-state index in [0.717, 1.165) is 11.0 Å². The van der Waals surface area contributed by atoms with Gasteiger partial charge in [-0.3, -0.25) is 19.8 Å². The van der Waals surface area contributed by atoms with Crippen LogP contribution in [0.15, 0.2) is 66.7 Å². The predicted octanol–water partition coefficient (Wildman–Crippen LogP) is 6.62. The van der Waals surface area contributed by atoms with Crippen LogP contribution in [0.4, 0.5) is 36.8 Å². The van der Waals surface area contributed by atoms with Crippen molar-refractivity contribution >= 4 is 17.6 Å². The maximum Gasteiger partial charge on any atom is 0.430 e. The fraction of sp³-hybridized carbons (Fsp3) is 0.310. The number of aliphatic hydroxyl groups is 1. The molecule has 0 spiro atoms. The monoisotopic (exact) mass is 625 g/mol. The number of hydrogen-bond donors (Lipinski definition) is 2. The summed E-state index contributed by atoms with van der Waals surface area (Å²) in [5.41, 5.74) is -7.51. The Bertz CT molecular complexity index is 1580. The molecule has 1 fully saturated rings. The van der Waals surface area contributed by atoms with Gasteiger partial charge >= 0.3 is 18.4 Å². The summed E-state index contributed by atoms with van der Waals surface area (Å²) in [6.07, 6.45) is -11.7. The second-order valence-corrected chi connectivity index (χ2v) is 10.3. The number of amides is 3. The highest BCUT2D eigenvalue weighted by atomic mass is 19.4. The van der Waals surface area contributed by atoms with Gasteiger partial charge in [0.05, 0.1) is 11.5 Å². The van der Waals surface area contributed by atoms with Crippen LogP contribution >= 0.6 is 0 Å². The lowest BCUT2D eigenvalue weighted by atomic mass is 9.90. The highest BCUT2D eigenvalue weighted by Crippen LogP contribution is 2.50. The van der Waals surface area contributed by atoms with E-state index in [0.29, 0.717) is 29.7 Å². The Morgan fingerprint density at radius 1 is 0.977 bits per heavy atom. The van der Waals surface area contributed by atoms with Crippen LogP contribution in [0.1, 0.15) is 42.5 Å². The second kappa shape index (κ2) is 11.4. The molecule has 0 radical (unpaired) electrons. The van der Waals surface area contributed by atoms with E-state index >= 15 is 0 Å². The SMILES string of the molecule is CCCc1cc(C(O)(C(F)(F)F)C(F)(F)F)ccc1Oc1cccc(CN2C(=O)NC(C)(c3ccc([N+](=O)[O-])cc3)C2=O)c1. The van der Waals surface area contributed by atoms with Crippen molar-refractivity contribution in [1.29, 1.82) is 0 Å². The molecule has 0 saturated carbocycles. The Kier molecular flexibility index (Phi) is 8.39. The molecule has 44 heavy (non-hydrogen) atoms. The average molecular weight is 626 g/mol. The maximum atomic E-state index is 13.4. The van der Waals surface area contributed by atoms with Crippen LogP contribution in [-0.2, 0) is 28.9 Å². The average Bonchev–Trinajstić information content (AvgIpc) is 3.16. The van der Waals surface area contributed by atoms with Gasteiger partial charge in [0.25, 0.3) is 17.2 Å². The zero-order valence-electron chi connectivity index (χ0n) is 23.1. The Morgan fingerprint density at radius 2 is 1.61 bits per heavy atom. The summed E-state index contributed by atoms with van der Waals surface area (Å²) >= 11 is 0. The van der Waals surface area contributed by atoms with Gasteiger partial charge < -0.3 is 15.2 Å². The minimum Gasteiger partial charge on any atom is -0.457 e. The lowest BCUT2D eigenvalue weighted by molar-refractivity contribution is -0.384. The van der Waals surface area contributed by atoms with Crippen molar-refractivity contribution in [3.63, 3.8) is 0 Å². The van der Waals surface area contributed by atoms with Gasteiger partial charge in [0.1, 0.15) is 17.0 Å². The highest BCUT2D eigenvalue weighted by Gasteiger charge is 2.71. The number of rotatable bonds is 9. The van der Waals surface area contributed by atoms with Gasteiger partial charge in [0.2, 0.25) is 0 Å². The lowest BCUT2D eigenvalue weighted by Crippen LogP contribution is -2.53. The molecular formula is C29H25F6N3O6. The van der Waals surface area contributed by atoms with E-state index in [-0.39, 0.29) is 35.7 Å². The molecule has 1 unspecified atom stereocenters. The number of ether oxygens (including phenoxy) is 1. The summed E-state index contributed by atoms with van der Waals surface area (Å²) in [5, 5.41) is 23.4. The number of nitro groups is 1. The summed E-state index contributed by atoms with van der Waals surface area (Å²) in [7, 11) is 0. The van der Waals surface area contributed by atoms with Gasteiger partial charge in [-0.25, -0.2) is 4.79 Å². The molecule has 3 aromatic carbocycles. The van der Waals surface area contributed by atoms with Crippen LogP contribution in [0.3, 0.4) is 0 Å². The number of urea groups is 1. The Balaban J connectivity index is 1.58.